The molecule has 1 atom stereocenters. The Balaban J connectivity index is 1.47. The maximum atomic E-state index is 12.4. The number of carbonyl (C=O) groups excluding carboxylic acids is 3. The molecular weight excluding hydrogens is 356 g/mol. The highest BCUT2D eigenvalue weighted by Gasteiger charge is 2.32. The number of ether oxygens (including phenoxy) is 1. The zero-order valence-electron chi connectivity index (χ0n) is 15.7. The zero-order valence-corrected chi connectivity index (χ0v) is 15.7. The van der Waals surface area contributed by atoms with Gasteiger partial charge in [-0.3, -0.25) is 19.3 Å². The molecule has 1 unspecified atom stereocenters. The van der Waals surface area contributed by atoms with Crippen LogP contribution in [0, 0.1) is 0 Å². The molecule has 144 valence electrons. The first-order valence-corrected chi connectivity index (χ1v) is 9.08. The van der Waals surface area contributed by atoms with Crippen molar-refractivity contribution in [3.63, 3.8) is 0 Å². The predicted molar refractivity (Wildman–Crippen MR) is 105 cm³/mol. The molecule has 0 saturated heterocycles. The molecule has 0 aliphatic carbocycles. The van der Waals surface area contributed by atoms with Crippen molar-refractivity contribution < 1.29 is 19.1 Å². The van der Waals surface area contributed by atoms with Crippen LogP contribution in [0.1, 0.15) is 28.4 Å². The van der Waals surface area contributed by atoms with Gasteiger partial charge in [0.25, 0.3) is 11.8 Å². The van der Waals surface area contributed by atoms with Crippen LogP contribution in [-0.4, -0.2) is 41.9 Å². The molecule has 6 nitrogen and oxygen atoms in total. The number of hydrogen-bond acceptors (Lipinski definition) is 4. The Hall–Kier alpha value is -3.41. The second-order valence-corrected chi connectivity index (χ2v) is 6.54. The minimum atomic E-state index is -0.948. The number of fused-ring (bicyclic) bond motifs is 1. The molecule has 0 aromatic heterocycles. The first kappa shape index (κ1) is 19.4. The molecule has 0 fully saturated rings. The van der Waals surface area contributed by atoms with Crippen molar-refractivity contribution >= 4 is 23.5 Å². The van der Waals surface area contributed by atoms with Gasteiger partial charge in [-0.1, -0.05) is 55.1 Å². The summed E-state index contributed by atoms with van der Waals surface area (Å²) in [6, 6.07) is 16.8. The summed E-state index contributed by atoms with van der Waals surface area (Å²) in [6.07, 6.45) is -0.259. The van der Waals surface area contributed by atoms with Crippen LogP contribution in [0.15, 0.2) is 61.2 Å². The number of benzene rings is 2. The summed E-state index contributed by atoms with van der Waals surface area (Å²) in [5.41, 5.74) is 2.77. The van der Waals surface area contributed by atoms with Crippen molar-refractivity contribution in [2.75, 3.05) is 13.1 Å². The fraction of sp³-hybridized carbons (Fsp3) is 0.227. The number of amides is 2. The largest absolute Gasteiger partial charge is 0.451 e. The van der Waals surface area contributed by atoms with E-state index in [2.05, 4.69) is 11.9 Å². The van der Waals surface area contributed by atoms with Crippen LogP contribution in [0.5, 0.6) is 0 Å². The molecule has 1 heterocycles. The Morgan fingerprint density at radius 3 is 2.39 bits per heavy atom. The van der Waals surface area contributed by atoms with E-state index in [0.717, 1.165) is 5.56 Å². The summed E-state index contributed by atoms with van der Waals surface area (Å²) < 4.78 is 5.19. The number of esters is 1. The molecule has 1 N–H and O–H groups in total. The minimum absolute atomic E-state index is 0.284. The molecule has 6 heteroatoms. The van der Waals surface area contributed by atoms with Crippen molar-refractivity contribution in [1.29, 1.82) is 0 Å². The second kappa shape index (κ2) is 8.52. The molecule has 0 spiro atoms. The minimum Gasteiger partial charge on any atom is -0.451 e. The monoisotopic (exact) mass is 378 g/mol. The van der Waals surface area contributed by atoms with Gasteiger partial charge in [-0.25, -0.2) is 0 Å². The lowest BCUT2D eigenvalue weighted by Crippen LogP contribution is -2.39. The lowest BCUT2D eigenvalue weighted by atomic mass is 10.1. The molecular formula is C22H22N2O4. The van der Waals surface area contributed by atoms with Crippen LogP contribution < -0.4 is 5.32 Å². The molecule has 0 bridgehead atoms. The topological polar surface area (TPSA) is 75.7 Å². The quantitative estimate of drug-likeness (QED) is 0.751. The summed E-state index contributed by atoms with van der Waals surface area (Å²) >= 11 is 0. The van der Waals surface area contributed by atoms with Gasteiger partial charge in [-0.2, -0.15) is 0 Å². The lowest BCUT2D eigenvalue weighted by Gasteiger charge is -2.18. The van der Waals surface area contributed by atoms with Gasteiger partial charge in [-0.05, 0) is 25.0 Å². The maximum Gasteiger partial charge on any atom is 0.326 e. The van der Waals surface area contributed by atoms with Crippen LogP contribution in [0.4, 0.5) is 0 Å². The van der Waals surface area contributed by atoms with E-state index < -0.39 is 12.1 Å². The Morgan fingerprint density at radius 2 is 1.71 bits per heavy atom. The third-order valence-electron chi connectivity index (χ3n) is 4.56. The average molecular weight is 378 g/mol. The molecule has 2 amide bonds. The second-order valence-electron chi connectivity index (χ2n) is 6.54. The van der Waals surface area contributed by atoms with Gasteiger partial charge in [0.1, 0.15) is 6.54 Å². The predicted octanol–water partition coefficient (Wildman–Crippen LogP) is 2.40. The van der Waals surface area contributed by atoms with E-state index in [-0.39, 0.29) is 18.4 Å². The average Bonchev–Trinajstić information content (AvgIpc) is 2.94. The molecule has 3 rings (SSSR count). The van der Waals surface area contributed by atoms with Crippen molar-refractivity contribution in [3.8, 4) is 0 Å². The van der Waals surface area contributed by atoms with Gasteiger partial charge < -0.3 is 10.1 Å². The maximum absolute atomic E-state index is 12.4. The van der Waals surface area contributed by atoms with E-state index in [1.165, 1.54) is 11.8 Å². The summed E-state index contributed by atoms with van der Waals surface area (Å²) in [6.45, 7) is 5.55. The molecule has 0 radical (unpaired) electrons. The number of hydrogen-bond donors (Lipinski definition) is 1. The van der Waals surface area contributed by atoms with E-state index in [9.17, 15) is 14.4 Å². The van der Waals surface area contributed by atoms with Gasteiger partial charge >= 0.3 is 5.97 Å². The fourth-order valence-electron chi connectivity index (χ4n) is 3.04. The summed E-state index contributed by atoms with van der Waals surface area (Å²) in [5, 5.41) is 2.75. The standard InChI is InChI=1S/C22H22N2O4/c1-15-18-10-6-7-11-19(18)22(27)24(15)14-20(25)28-16(2)21(26)23-13-12-17-8-4-3-5-9-17/h3-11,16H,1,12-14H2,2H3,(H,23,26). The van der Waals surface area contributed by atoms with Crippen LogP contribution in [-0.2, 0) is 20.7 Å². The van der Waals surface area contributed by atoms with Gasteiger partial charge in [0.15, 0.2) is 6.10 Å². The first-order valence-electron chi connectivity index (χ1n) is 9.08. The third kappa shape index (κ3) is 4.28. The number of carbonyl (C=O) groups is 3. The van der Waals surface area contributed by atoms with E-state index in [1.807, 2.05) is 30.3 Å². The lowest BCUT2D eigenvalue weighted by molar-refractivity contribution is -0.154. The van der Waals surface area contributed by atoms with Crippen molar-refractivity contribution in [2.45, 2.75) is 19.4 Å². The Bertz CT molecular complexity index is 873. The fourth-order valence-corrected chi connectivity index (χ4v) is 3.04. The van der Waals surface area contributed by atoms with E-state index in [1.54, 1.807) is 24.3 Å². The third-order valence-corrected chi connectivity index (χ3v) is 4.56. The molecule has 0 saturated carbocycles. The zero-order chi connectivity index (χ0) is 20.1. The van der Waals surface area contributed by atoms with Crippen molar-refractivity contribution in [1.82, 2.24) is 10.2 Å². The van der Waals surface area contributed by atoms with Gasteiger partial charge in [0.2, 0.25) is 0 Å². The SMILES string of the molecule is C=C1c2ccccc2C(=O)N1CC(=O)OC(C)C(=O)NCCc1ccccc1. The highest BCUT2D eigenvalue weighted by molar-refractivity contribution is 6.10. The Labute approximate surface area is 163 Å². The molecule has 1 aliphatic heterocycles. The number of rotatable bonds is 7. The van der Waals surface area contributed by atoms with E-state index in [4.69, 9.17) is 4.74 Å². The Morgan fingerprint density at radius 1 is 1.07 bits per heavy atom. The van der Waals surface area contributed by atoms with E-state index >= 15 is 0 Å². The normalized spacial score (nSPS) is 13.8. The molecule has 28 heavy (non-hydrogen) atoms. The summed E-state index contributed by atoms with van der Waals surface area (Å²) in [5.74, 6) is -1.33. The number of nitrogens with zero attached hydrogens (tertiary/aromatic N) is 1. The highest BCUT2D eigenvalue weighted by Crippen LogP contribution is 2.30. The molecule has 2 aromatic carbocycles. The molecule has 2 aromatic rings. The van der Waals surface area contributed by atoms with Gasteiger partial charge in [0, 0.05) is 23.4 Å². The number of nitrogens with one attached hydrogen (secondary N) is 1. The molecule has 1 aliphatic rings. The van der Waals surface area contributed by atoms with Crippen molar-refractivity contribution in [2.24, 2.45) is 0 Å². The van der Waals surface area contributed by atoms with E-state index in [0.29, 0.717) is 29.8 Å². The summed E-state index contributed by atoms with van der Waals surface area (Å²) in [4.78, 5) is 38.0. The van der Waals surface area contributed by atoms with Crippen molar-refractivity contribution in [3.05, 3.63) is 77.9 Å². The highest BCUT2D eigenvalue weighted by atomic mass is 16.5. The van der Waals surface area contributed by atoms with Gasteiger partial charge in [0.05, 0.1) is 0 Å². The summed E-state index contributed by atoms with van der Waals surface area (Å²) in [7, 11) is 0. The van der Waals surface area contributed by atoms with Gasteiger partial charge in [-0.15, -0.1) is 0 Å². The van der Waals surface area contributed by atoms with Crippen LogP contribution in [0.3, 0.4) is 0 Å². The van der Waals surface area contributed by atoms with Crippen LogP contribution in [0.2, 0.25) is 0 Å². The smallest absolute Gasteiger partial charge is 0.326 e. The Kier molecular flexibility index (Phi) is 5.89. The van der Waals surface area contributed by atoms with Crippen LogP contribution in [0.25, 0.3) is 5.70 Å². The van der Waals surface area contributed by atoms with Crippen LogP contribution >= 0.6 is 0 Å². The first-order chi connectivity index (χ1) is 13.5.